The molecule has 1 atom stereocenters. The number of amides is 1. The standard InChI is InChI=1S/C26H30F3N3O/c1-3-18-6-5-7-21-23(17-30-25(18)21)22(19-8-10-20(11-9-19)26(27,28)29)16-24(33)32-14-12-31(4-2)13-15-32/h5-11,17,22,30H,3-4,12-16H2,1-2H3. The summed E-state index contributed by atoms with van der Waals surface area (Å²) < 4.78 is 39.4. The van der Waals surface area contributed by atoms with Crippen molar-refractivity contribution in [1.29, 1.82) is 0 Å². The van der Waals surface area contributed by atoms with E-state index >= 15 is 0 Å². The van der Waals surface area contributed by atoms with Crippen LogP contribution in [0.2, 0.25) is 0 Å². The van der Waals surface area contributed by atoms with Gasteiger partial charge in [0.15, 0.2) is 0 Å². The van der Waals surface area contributed by atoms with E-state index in [2.05, 4.69) is 29.8 Å². The molecule has 3 aromatic rings. The molecule has 4 nitrogen and oxygen atoms in total. The highest BCUT2D eigenvalue weighted by molar-refractivity contribution is 5.88. The van der Waals surface area contributed by atoms with E-state index in [9.17, 15) is 18.0 Å². The molecule has 2 aromatic carbocycles. The van der Waals surface area contributed by atoms with Crippen LogP contribution in [0, 0.1) is 0 Å². The first kappa shape index (κ1) is 23.4. The number of aryl methyl sites for hydroxylation is 1. The molecule has 0 saturated carbocycles. The number of aromatic amines is 1. The van der Waals surface area contributed by atoms with Gasteiger partial charge >= 0.3 is 6.18 Å². The van der Waals surface area contributed by atoms with Crippen LogP contribution in [0.4, 0.5) is 13.2 Å². The van der Waals surface area contributed by atoms with E-state index in [0.717, 1.165) is 54.7 Å². The number of piperazine rings is 1. The third-order valence-corrected chi connectivity index (χ3v) is 6.78. The van der Waals surface area contributed by atoms with Gasteiger partial charge in [-0.1, -0.05) is 44.2 Å². The second-order valence-electron chi connectivity index (χ2n) is 8.63. The van der Waals surface area contributed by atoms with Crippen LogP contribution in [-0.2, 0) is 17.4 Å². The minimum atomic E-state index is -4.39. The number of rotatable bonds is 6. The van der Waals surface area contributed by atoms with Crippen molar-refractivity contribution in [2.75, 3.05) is 32.7 Å². The van der Waals surface area contributed by atoms with Gasteiger partial charge < -0.3 is 14.8 Å². The maximum Gasteiger partial charge on any atom is 0.416 e. The largest absolute Gasteiger partial charge is 0.416 e. The van der Waals surface area contributed by atoms with Crippen molar-refractivity contribution in [2.45, 2.75) is 38.8 Å². The lowest BCUT2D eigenvalue weighted by atomic mass is 9.87. The number of carbonyl (C=O) groups excluding carboxylic acids is 1. The quantitative estimate of drug-likeness (QED) is 0.536. The Bertz CT molecular complexity index is 1100. The Morgan fingerprint density at radius 2 is 1.73 bits per heavy atom. The van der Waals surface area contributed by atoms with Crippen LogP contribution in [0.5, 0.6) is 0 Å². The van der Waals surface area contributed by atoms with Crippen molar-refractivity contribution in [3.8, 4) is 0 Å². The number of para-hydroxylation sites is 1. The van der Waals surface area contributed by atoms with Crippen LogP contribution in [0.15, 0.2) is 48.7 Å². The number of nitrogens with one attached hydrogen (secondary N) is 1. The Balaban J connectivity index is 1.68. The summed E-state index contributed by atoms with van der Waals surface area (Å²) in [5.74, 6) is -0.290. The molecule has 1 aliphatic rings. The molecular formula is C26H30F3N3O. The molecule has 1 fully saturated rings. The Hall–Kier alpha value is -2.80. The molecule has 0 aliphatic carbocycles. The predicted molar refractivity (Wildman–Crippen MR) is 124 cm³/mol. The van der Waals surface area contributed by atoms with E-state index in [1.807, 2.05) is 23.2 Å². The van der Waals surface area contributed by atoms with Crippen LogP contribution in [0.3, 0.4) is 0 Å². The highest BCUT2D eigenvalue weighted by atomic mass is 19.4. The zero-order valence-corrected chi connectivity index (χ0v) is 19.1. The lowest BCUT2D eigenvalue weighted by Crippen LogP contribution is -2.48. The highest BCUT2D eigenvalue weighted by Crippen LogP contribution is 2.37. The van der Waals surface area contributed by atoms with Gasteiger partial charge in [-0.3, -0.25) is 4.79 Å². The summed E-state index contributed by atoms with van der Waals surface area (Å²) in [6.07, 6.45) is -1.39. The number of fused-ring (bicyclic) bond motifs is 1. The molecule has 1 unspecified atom stereocenters. The molecule has 0 bridgehead atoms. The number of benzene rings is 2. The van der Waals surface area contributed by atoms with Crippen LogP contribution in [0.1, 0.15) is 48.4 Å². The monoisotopic (exact) mass is 457 g/mol. The number of carbonyl (C=O) groups is 1. The molecule has 7 heteroatoms. The van der Waals surface area contributed by atoms with Gasteiger partial charge in [0, 0.05) is 55.6 Å². The van der Waals surface area contributed by atoms with Gasteiger partial charge in [0.25, 0.3) is 0 Å². The zero-order valence-electron chi connectivity index (χ0n) is 19.1. The number of likely N-dealkylation sites (N-methyl/N-ethyl adjacent to an activating group) is 1. The average molecular weight is 458 g/mol. The normalized spacial score (nSPS) is 16.3. The number of alkyl halides is 3. The SMILES string of the molecule is CCc1cccc2c(C(CC(=O)N3CCN(CC)CC3)c3ccc(C(F)(F)F)cc3)c[nH]c12. The predicted octanol–water partition coefficient (Wildman–Crippen LogP) is 5.44. The summed E-state index contributed by atoms with van der Waals surface area (Å²) >= 11 is 0. The van der Waals surface area contributed by atoms with Crippen molar-refractivity contribution < 1.29 is 18.0 Å². The zero-order chi connectivity index (χ0) is 23.6. The first-order chi connectivity index (χ1) is 15.8. The molecular weight excluding hydrogens is 427 g/mol. The van der Waals surface area contributed by atoms with Gasteiger partial charge in [-0.05, 0) is 41.8 Å². The molecule has 1 N–H and O–H groups in total. The van der Waals surface area contributed by atoms with Gasteiger partial charge in [0.1, 0.15) is 0 Å². The summed E-state index contributed by atoms with van der Waals surface area (Å²) in [4.78, 5) is 20.8. The minimum absolute atomic E-state index is 0.0386. The fraction of sp³-hybridized carbons (Fsp3) is 0.423. The third kappa shape index (κ3) is 4.93. The molecule has 176 valence electrons. The molecule has 1 amide bonds. The van der Waals surface area contributed by atoms with Gasteiger partial charge in [-0.2, -0.15) is 13.2 Å². The van der Waals surface area contributed by atoms with Crippen LogP contribution in [0.25, 0.3) is 10.9 Å². The van der Waals surface area contributed by atoms with Crippen LogP contribution < -0.4 is 0 Å². The van der Waals surface area contributed by atoms with Crippen LogP contribution >= 0.6 is 0 Å². The molecule has 2 heterocycles. The number of aromatic nitrogens is 1. The smallest absolute Gasteiger partial charge is 0.361 e. The Morgan fingerprint density at radius 3 is 2.33 bits per heavy atom. The summed E-state index contributed by atoms with van der Waals surface area (Å²) in [6, 6.07) is 11.3. The van der Waals surface area contributed by atoms with Crippen molar-refractivity contribution in [3.63, 3.8) is 0 Å². The Kier molecular flexibility index (Phi) is 6.79. The van der Waals surface area contributed by atoms with Gasteiger partial charge in [-0.15, -0.1) is 0 Å². The van der Waals surface area contributed by atoms with E-state index in [1.54, 1.807) is 0 Å². The fourth-order valence-corrected chi connectivity index (χ4v) is 4.75. The Morgan fingerprint density at radius 1 is 1.03 bits per heavy atom. The third-order valence-electron chi connectivity index (χ3n) is 6.78. The molecule has 33 heavy (non-hydrogen) atoms. The first-order valence-corrected chi connectivity index (χ1v) is 11.6. The van der Waals surface area contributed by atoms with Gasteiger partial charge in [0.05, 0.1) is 5.56 Å². The van der Waals surface area contributed by atoms with E-state index in [-0.39, 0.29) is 18.2 Å². The van der Waals surface area contributed by atoms with E-state index in [4.69, 9.17) is 0 Å². The molecule has 1 aliphatic heterocycles. The molecule has 1 aromatic heterocycles. The molecule has 4 rings (SSSR count). The molecule has 0 spiro atoms. The van der Waals surface area contributed by atoms with E-state index < -0.39 is 11.7 Å². The summed E-state index contributed by atoms with van der Waals surface area (Å²) in [5, 5.41) is 1.02. The van der Waals surface area contributed by atoms with Crippen LogP contribution in [-0.4, -0.2) is 53.4 Å². The van der Waals surface area contributed by atoms with Gasteiger partial charge in [0.2, 0.25) is 5.91 Å². The summed E-state index contributed by atoms with van der Waals surface area (Å²) in [6.45, 7) is 8.22. The number of hydrogen-bond donors (Lipinski definition) is 1. The summed E-state index contributed by atoms with van der Waals surface area (Å²) in [7, 11) is 0. The Labute approximate surface area is 192 Å². The lowest BCUT2D eigenvalue weighted by Gasteiger charge is -2.35. The second kappa shape index (κ2) is 9.59. The van der Waals surface area contributed by atoms with Crippen molar-refractivity contribution >= 4 is 16.8 Å². The maximum atomic E-state index is 13.3. The number of halogens is 3. The van der Waals surface area contributed by atoms with Crippen molar-refractivity contribution in [2.24, 2.45) is 0 Å². The first-order valence-electron chi connectivity index (χ1n) is 11.6. The van der Waals surface area contributed by atoms with Crippen molar-refractivity contribution in [1.82, 2.24) is 14.8 Å². The van der Waals surface area contributed by atoms with Gasteiger partial charge in [-0.25, -0.2) is 0 Å². The second-order valence-corrected chi connectivity index (χ2v) is 8.63. The molecule has 1 saturated heterocycles. The number of nitrogens with zero attached hydrogens (tertiary/aromatic N) is 2. The minimum Gasteiger partial charge on any atom is -0.361 e. The fourth-order valence-electron chi connectivity index (χ4n) is 4.75. The van der Waals surface area contributed by atoms with Crippen molar-refractivity contribution in [3.05, 3.63) is 70.9 Å². The number of H-pyrrole nitrogens is 1. The number of hydrogen-bond acceptors (Lipinski definition) is 2. The lowest BCUT2D eigenvalue weighted by molar-refractivity contribution is -0.137. The molecule has 0 radical (unpaired) electrons. The highest BCUT2D eigenvalue weighted by Gasteiger charge is 2.31. The maximum absolute atomic E-state index is 13.3. The summed E-state index contributed by atoms with van der Waals surface area (Å²) in [5.41, 5.74) is 3.18. The average Bonchev–Trinajstić information content (AvgIpc) is 3.26. The van der Waals surface area contributed by atoms with E-state index in [0.29, 0.717) is 18.7 Å². The van der Waals surface area contributed by atoms with E-state index in [1.165, 1.54) is 17.7 Å². The topological polar surface area (TPSA) is 39.3 Å².